The van der Waals surface area contributed by atoms with E-state index in [2.05, 4.69) is 54.8 Å². The number of rotatable bonds is 5. The van der Waals surface area contributed by atoms with Crippen molar-refractivity contribution in [2.45, 2.75) is 64.5 Å². The number of hydrogen-bond acceptors (Lipinski definition) is 4. The molecule has 1 aromatic heterocycles. The van der Waals surface area contributed by atoms with Gasteiger partial charge >= 0.3 is 0 Å². The van der Waals surface area contributed by atoms with Crippen molar-refractivity contribution in [1.82, 2.24) is 4.98 Å². The number of hydrogen-bond donors (Lipinski definition) is 0. The molecule has 4 nitrogen and oxygen atoms in total. The van der Waals surface area contributed by atoms with E-state index in [0.717, 1.165) is 16.0 Å². The lowest BCUT2D eigenvalue weighted by atomic mass is 9.97. The largest absolute Gasteiger partial charge is 0.491 e. The maximum atomic E-state index is 6.70. The smallest absolute Gasteiger partial charge is 0.193 e. The van der Waals surface area contributed by atoms with Crippen LogP contribution in [-0.4, -0.2) is 32.6 Å². The molecule has 0 aliphatic carbocycles. The van der Waals surface area contributed by atoms with E-state index in [1.807, 2.05) is 26.0 Å². The summed E-state index contributed by atoms with van der Waals surface area (Å²) in [6.45, 7) is 16.4. The summed E-state index contributed by atoms with van der Waals surface area (Å²) in [5, 5.41) is 0.138. The fraction of sp³-hybridized carbons (Fsp3) is 0.706. The van der Waals surface area contributed by atoms with Crippen molar-refractivity contribution in [2.24, 2.45) is 0 Å². The second-order valence-corrected chi connectivity index (χ2v) is 13.6. The zero-order valence-corrected chi connectivity index (χ0v) is 17.8. The Morgan fingerprint density at radius 1 is 1.26 bits per heavy atom. The molecule has 23 heavy (non-hydrogen) atoms. The van der Waals surface area contributed by atoms with Crippen molar-refractivity contribution in [1.29, 1.82) is 0 Å². The summed E-state index contributed by atoms with van der Waals surface area (Å²) in [6, 6.07) is 3.88. The standard InChI is InChI=1S/C17H28BrNO3Si/c1-12(2)21-13-8-14(19-15(18)9-13)17(10-20-11-17)22-23(6,7)16(3,4)5/h8-9,12H,10-11H2,1-7H3. The normalized spacial score (nSPS) is 18.0. The van der Waals surface area contributed by atoms with Crippen LogP contribution in [0.4, 0.5) is 0 Å². The Labute approximate surface area is 149 Å². The predicted molar refractivity (Wildman–Crippen MR) is 98.5 cm³/mol. The molecule has 0 bridgehead atoms. The van der Waals surface area contributed by atoms with E-state index in [4.69, 9.17) is 13.9 Å². The van der Waals surface area contributed by atoms with Gasteiger partial charge in [-0.1, -0.05) is 20.8 Å². The van der Waals surface area contributed by atoms with Crippen molar-refractivity contribution < 1.29 is 13.9 Å². The Bertz CT molecular complexity index is 565. The SMILES string of the molecule is CC(C)Oc1cc(Br)nc(C2(O[Si](C)(C)C(C)(C)C)COC2)c1. The summed E-state index contributed by atoms with van der Waals surface area (Å²) in [6.07, 6.45) is 0.118. The molecule has 0 saturated carbocycles. The van der Waals surface area contributed by atoms with E-state index in [-0.39, 0.29) is 11.1 Å². The minimum absolute atomic E-state index is 0.118. The third-order valence-electron chi connectivity index (χ3n) is 4.53. The van der Waals surface area contributed by atoms with Gasteiger partial charge in [-0.2, -0.15) is 0 Å². The van der Waals surface area contributed by atoms with Crippen molar-refractivity contribution in [3.05, 3.63) is 22.4 Å². The first kappa shape index (κ1) is 18.9. The first-order valence-corrected chi connectivity index (χ1v) is 11.8. The van der Waals surface area contributed by atoms with Crippen LogP contribution in [0.2, 0.25) is 18.1 Å². The van der Waals surface area contributed by atoms with Gasteiger partial charge in [-0.25, -0.2) is 4.98 Å². The van der Waals surface area contributed by atoms with Gasteiger partial charge in [-0.15, -0.1) is 0 Å². The molecule has 0 aromatic carbocycles. The quantitative estimate of drug-likeness (QED) is 0.520. The molecular formula is C17H28BrNO3Si. The minimum atomic E-state index is -1.94. The predicted octanol–water partition coefficient (Wildman–Crippen LogP) is 4.88. The monoisotopic (exact) mass is 401 g/mol. The van der Waals surface area contributed by atoms with E-state index in [1.54, 1.807) is 0 Å². The van der Waals surface area contributed by atoms with Crippen LogP contribution in [0, 0.1) is 0 Å². The Hall–Kier alpha value is -0.433. The molecule has 0 spiro atoms. The highest BCUT2D eigenvalue weighted by molar-refractivity contribution is 9.10. The van der Waals surface area contributed by atoms with E-state index in [0.29, 0.717) is 13.2 Å². The number of aromatic nitrogens is 1. The van der Waals surface area contributed by atoms with Crippen molar-refractivity contribution in [2.75, 3.05) is 13.2 Å². The first-order chi connectivity index (χ1) is 10.5. The highest BCUT2D eigenvalue weighted by Crippen LogP contribution is 2.44. The van der Waals surface area contributed by atoms with Gasteiger partial charge in [0.15, 0.2) is 8.32 Å². The maximum Gasteiger partial charge on any atom is 0.193 e. The van der Waals surface area contributed by atoms with Crippen LogP contribution in [0.25, 0.3) is 0 Å². The van der Waals surface area contributed by atoms with E-state index in [1.165, 1.54) is 0 Å². The van der Waals surface area contributed by atoms with Gasteiger partial charge in [0.2, 0.25) is 0 Å². The molecule has 1 saturated heterocycles. The van der Waals surface area contributed by atoms with Gasteiger partial charge in [0.25, 0.3) is 0 Å². The Kier molecular flexibility index (Phi) is 5.31. The lowest BCUT2D eigenvalue weighted by Crippen LogP contribution is -2.57. The van der Waals surface area contributed by atoms with Gasteiger partial charge < -0.3 is 13.9 Å². The molecule has 2 rings (SSSR count). The molecule has 130 valence electrons. The van der Waals surface area contributed by atoms with Crippen LogP contribution in [0.5, 0.6) is 5.75 Å². The van der Waals surface area contributed by atoms with Gasteiger partial charge in [-0.05, 0) is 47.9 Å². The molecule has 1 aromatic rings. The first-order valence-electron chi connectivity index (χ1n) is 8.08. The van der Waals surface area contributed by atoms with E-state index < -0.39 is 13.9 Å². The Balaban J connectivity index is 2.35. The molecule has 1 aliphatic rings. The van der Waals surface area contributed by atoms with Crippen molar-refractivity contribution in [3.63, 3.8) is 0 Å². The zero-order chi connectivity index (χ0) is 17.5. The van der Waals surface area contributed by atoms with Gasteiger partial charge in [0.1, 0.15) is 16.0 Å². The number of ether oxygens (including phenoxy) is 2. The lowest BCUT2D eigenvalue weighted by molar-refractivity contribution is -0.177. The van der Waals surface area contributed by atoms with Crippen molar-refractivity contribution >= 4 is 24.2 Å². The van der Waals surface area contributed by atoms with Gasteiger partial charge in [0, 0.05) is 12.1 Å². The number of halogens is 1. The molecule has 0 atom stereocenters. The van der Waals surface area contributed by atoms with Gasteiger partial charge in [-0.3, -0.25) is 0 Å². The molecule has 0 radical (unpaired) electrons. The summed E-state index contributed by atoms with van der Waals surface area (Å²) in [5.41, 5.74) is 0.431. The van der Waals surface area contributed by atoms with Crippen LogP contribution in [0.3, 0.4) is 0 Å². The van der Waals surface area contributed by atoms with E-state index >= 15 is 0 Å². The summed E-state index contributed by atoms with van der Waals surface area (Å²) in [5.74, 6) is 0.807. The van der Waals surface area contributed by atoms with E-state index in [9.17, 15) is 0 Å². The van der Waals surface area contributed by atoms with Crippen LogP contribution in [-0.2, 0) is 14.8 Å². The molecule has 2 heterocycles. The maximum absolute atomic E-state index is 6.70. The van der Waals surface area contributed by atoms with Crippen LogP contribution in [0.15, 0.2) is 16.7 Å². The molecule has 0 amide bonds. The van der Waals surface area contributed by atoms with Crippen LogP contribution >= 0.6 is 15.9 Å². The van der Waals surface area contributed by atoms with Crippen LogP contribution < -0.4 is 4.74 Å². The zero-order valence-electron chi connectivity index (χ0n) is 15.2. The number of pyridine rings is 1. The second-order valence-electron chi connectivity index (χ2n) is 8.03. The van der Waals surface area contributed by atoms with Crippen molar-refractivity contribution in [3.8, 4) is 5.75 Å². The Morgan fingerprint density at radius 2 is 1.87 bits per heavy atom. The average Bonchev–Trinajstić information content (AvgIpc) is 2.30. The molecule has 1 aliphatic heterocycles. The third-order valence-corrected chi connectivity index (χ3v) is 9.45. The summed E-state index contributed by atoms with van der Waals surface area (Å²) >= 11 is 3.49. The molecule has 0 unspecified atom stereocenters. The highest BCUT2D eigenvalue weighted by atomic mass is 79.9. The summed E-state index contributed by atoms with van der Waals surface area (Å²) in [4.78, 5) is 4.66. The molecule has 6 heteroatoms. The second kappa shape index (κ2) is 6.46. The minimum Gasteiger partial charge on any atom is -0.491 e. The summed E-state index contributed by atoms with van der Waals surface area (Å²) in [7, 11) is -1.94. The molecule has 1 fully saturated rings. The number of nitrogens with zero attached hydrogens (tertiary/aromatic N) is 1. The third kappa shape index (κ3) is 4.16. The van der Waals surface area contributed by atoms with Gasteiger partial charge in [0.05, 0.1) is 25.0 Å². The fourth-order valence-corrected chi connectivity index (χ4v) is 4.16. The highest BCUT2D eigenvalue weighted by Gasteiger charge is 2.51. The molecular weight excluding hydrogens is 374 g/mol. The topological polar surface area (TPSA) is 40.6 Å². The van der Waals surface area contributed by atoms with Crippen LogP contribution in [0.1, 0.15) is 40.3 Å². The lowest BCUT2D eigenvalue weighted by Gasteiger charge is -2.49. The molecule has 0 N–H and O–H groups in total. The fourth-order valence-electron chi connectivity index (χ4n) is 2.24. The Morgan fingerprint density at radius 3 is 2.30 bits per heavy atom. The average molecular weight is 402 g/mol. The summed E-state index contributed by atoms with van der Waals surface area (Å²) < 4.78 is 18.8.